The second kappa shape index (κ2) is 7.56. The molecule has 1 aromatic heterocycles. The summed E-state index contributed by atoms with van der Waals surface area (Å²) in [7, 11) is 2.37. The van der Waals surface area contributed by atoms with Gasteiger partial charge in [0, 0.05) is 12.5 Å². The summed E-state index contributed by atoms with van der Waals surface area (Å²) in [6, 6.07) is 2.72. The van der Waals surface area contributed by atoms with Gasteiger partial charge < -0.3 is 14.2 Å². The van der Waals surface area contributed by atoms with Crippen molar-refractivity contribution < 1.29 is 28.6 Å². The van der Waals surface area contributed by atoms with Gasteiger partial charge in [0.2, 0.25) is 0 Å². The molecule has 0 aliphatic rings. The van der Waals surface area contributed by atoms with Gasteiger partial charge in [0.25, 0.3) is 0 Å². The van der Waals surface area contributed by atoms with Gasteiger partial charge in [-0.2, -0.15) is 0 Å². The first-order chi connectivity index (χ1) is 10.3. The molecule has 0 fully saturated rings. The first-order valence-electron chi connectivity index (χ1n) is 6.00. The lowest BCUT2D eigenvalue weighted by atomic mass is 10.0. The first kappa shape index (κ1) is 17.6. The minimum absolute atomic E-state index is 0.0264. The number of esters is 3. The van der Waals surface area contributed by atoms with Crippen LogP contribution in [0.1, 0.15) is 29.1 Å². The number of aromatic nitrogens is 1. The number of rotatable bonds is 5. The van der Waals surface area contributed by atoms with Crippen LogP contribution in [0.2, 0.25) is 5.15 Å². The summed E-state index contributed by atoms with van der Waals surface area (Å²) in [5.74, 6) is -2.09. The van der Waals surface area contributed by atoms with Crippen molar-refractivity contribution in [3.63, 3.8) is 0 Å². The maximum atomic E-state index is 11.6. The van der Waals surface area contributed by atoms with E-state index in [0.717, 1.165) is 0 Å². The van der Waals surface area contributed by atoms with Gasteiger partial charge in [0.05, 0.1) is 19.8 Å². The zero-order chi connectivity index (χ0) is 16.9. The minimum atomic E-state index is -1.17. The lowest BCUT2D eigenvalue weighted by Gasteiger charge is -2.19. The second-order valence-corrected chi connectivity index (χ2v) is 4.43. The van der Waals surface area contributed by atoms with E-state index < -0.39 is 24.0 Å². The maximum absolute atomic E-state index is 11.6. The number of ether oxygens (including phenoxy) is 3. The van der Waals surface area contributed by atoms with Crippen LogP contribution in [-0.2, 0) is 23.8 Å². The van der Waals surface area contributed by atoms with E-state index in [4.69, 9.17) is 16.3 Å². The Kier molecular flexibility index (Phi) is 6.06. The molecule has 1 unspecified atom stereocenters. The average Bonchev–Trinajstić information content (AvgIpc) is 2.50. The molecule has 8 heteroatoms. The van der Waals surface area contributed by atoms with Gasteiger partial charge >= 0.3 is 17.9 Å². The van der Waals surface area contributed by atoms with E-state index in [1.54, 1.807) is 0 Å². The normalized spacial score (nSPS) is 11.3. The summed E-state index contributed by atoms with van der Waals surface area (Å²) in [5, 5.41) is -0.126. The fourth-order valence-electron chi connectivity index (χ4n) is 1.59. The van der Waals surface area contributed by atoms with E-state index in [9.17, 15) is 14.4 Å². The largest absolute Gasteiger partial charge is 0.466 e. The highest BCUT2D eigenvalue weighted by atomic mass is 35.5. The summed E-state index contributed by atoms with van der Waals surface area (Å²) >= 11 is 6.00. The van der Waals surface area contributed by atoms with E-state index in [1.165, 1.54) is 33.3 Å². The van der Waals surface area contributed by atoms with E-state index in [2.05, 4.69) is 21.0 Å². The van der Waals surface area contributed by atoms with Crippen molar-refractivity contribution in [3.8, 4) is 0 Å². The highest BCUT2D eigenvalue weighted by Gasteiger charge is 2.27. The fourth-order valence-corrected chi connectivity index (χ4v) is 1.84. The number of carbonyl (C=O) groups excluding carboxylic acids is 3. The number of halogens is 1. The third kappa shape index (κ3) is 4.05. The van der Waals surface area contributed by atoms with Crippen molar-refractivity contribution in [2.24, 2.45) is 0 Å². The van der Waals surface area contributed by atoms with Crippen LogP contribution >= 0.6 is 11.6 Å². The molecule has 7 nitrogen and oxygen atoms in total. The topological polar surface area (TPSA) is 91.8 Å². The van der Waals surface area contributed by atoms with E-state index in [1.807, 2.05) is 0 Å². The smallest absolute Gasteiger partial charge is 0.356 e. The van der Waals surface area contributed by atoms with Crippen molar-refractivity contribution in [2.45, 2.75) is 13.0 Å². The summed E-state index contributed by atoms with van der Waals surface area (Å²) in [4.78, 5) is 38.1. The quantitative estimate of drug-likeness (QED) is 0.353. The Morgan fingerprint density at radius 3 is 2.32 bits per heavy atom. The van der Waals surface area contributed by atoms with Crippen molar-refractivity contribution in [1.82, 2.24) is 4.98 Å². The first-order valence-corrected chi connectivity index (χ1v) is 6.38. The van der Waals surface area contributed by atoms with Crippen LogP contribution in [0.5, 0.6) is 0 Å². The number of pyridine rings is 1. The molecule has 0 bridgehead atoms. The van der Waals surface area contributed by atoms with E-state index in [-0.39, 0.29) is 22.0 Å². The number of methoxy groups -OCH3 is 2. The molecular weight excluding hydrogens is 314 g/mol. The molecular formula is C14H14ClNO6. The molecule has 22 heavy (non-hydrogen) atoms. The van der Waals surface area contributed by atoms with Crippen LogP contribution in [0, 0.1) is 0 Å². The third-order valence-corrected chi connectivity index (χ3v) is 2.91. The number of nitrogens with zero attached hydrogens (tertiary/aromatic N) is 1. The predicted octanol–water partition coefficient (Wildman–Crippen LogP) is 1.85. The standard InChI is InChI=1S/C14H14ClNO6/c1-7(13(18)20-3)11(22-8(2)17)9-5-6-10(14(19)21-4)16-12(9)15/h5-6,11H,1H2,2-4H3. The Balaban J connectivity index is 3.25. The molecule has 0 amide bonds. The molecule has 0 aromatic carbocycles. The molecule has 0 saturated carbocycles. The molecule has 0 aliphatic carbocycles. The van der Waals surface area contributed by atoms with Crippen molar-refractivity contribution in [3.05, 3.63) is 40.7 Å². The van der Waals surface area contributed by atoms with Gasteiger partial charge in [0.15, 0.2) is 6.10 Å². The SMILES string of the molecule is C=C(C(=O)OC)C(OC(C)=O)c1ccc(C(=O)OC)nc1Cl. The number of carbonyl (C=O) groups is 3. The molecule has 1 aromatic rings. The fraction of sp³-hybridized carbons (Fsp3) is 0.286. The van der Waals surface area contributed by atoms with E-state index in [0.29, 0.717) is 0 Å². The summed E-state index contributed by atoms with van der Waals surface area (Å²) in [6.45, 7) is 4.71. The van der Waals surface area contributed by atoms with E-state index >= 15 is 0 Å². The van der Waals surface area contributed by atoms with Crippen LogP contribution in [0.3, 0.4) is 0 Å². The zero-order valence-electron chi connectivity index (χ0n) is 12.2. The molecule has 118 valence electrons. The van der Waals surface area contributed by atoms with Gasteiger partial charge in [-0.15, -0.1) is 0 Å². The average molecular weight is 328 g/mol. The maximum Gasteiger partial charge on any atom is 0.356 e. The van der Waals surface area contributed by atoms with Crippen molar-refractivity contribution >= 4 is 29.5 Å². The highest BCUT2D eigenvalue weighted by Crippen LogP contribution is 2.30. The Labute approximate surface area is 131 Å². The molecule has 1 heterocycles. The van der Waals surface area contributed by atoms with Crippen LogP contribution in [0.4, 0.5) is 0 Å². The summed E-state index contributed by atoms with van der Waals surface area (Å²) in [5.41, 5.74) is 0.0358. The lowest BCUT2D eigenvalue weighted by Crippen LogP contribution is -2.18. The van der Waals surface area contributed by atoms with Gasteiger partial charge in [-0.1, -0.05) is 18.2 Å². The van der Waals surface area contributed by atoms with Gasteiger partial charge in [-0.05, 0) is 12.1 Å². The molecule has 1 rings (SSSR count). The Morgan fingerprint density at radius 2 is 1.86 bits per heavy atom. The molecule has 0 radical (unpaired) electrons. The number of hydrogen-bond acceptors (Lipinski definition) is 7. The van der Waals surface area contributed by atoms with Crippen molar-refractivity contribution in [1.29, 1.82) is 0 Å². The molecule has 0 spiro atoms. The van der Waals surface area contributed by atoms with Crippen LogP contribution in [0.15, 0.2) is 24.3 Å². The monoisotopic (exact) mass is 327 g/mol. The minimum Gasteiger partial charge on any atom is -0.466 e. The molecule has 0 saturated heterocycles. The summed E-state index contributed by atoms with van der Waals surface area (Å²) < 4.78 is 14.1. The second-order valence-electron chi connectivity index (χ2n) is 4.07. The third-order valence-electron chi connectivity index (χ3n) is 2.60. The van der Waals surface area contributed by atoms with Crippen molar-refractivity contribution in [2.75, 3.05) is 14.2 Å². The lowest BCUT2D eigenvalue weighted by molar-refractivity contribution is -0.147. The highest BCUT2D eigenvalue weighted by molar-refractivity contribution is 6.30. The Bertz CT molecular complexity index is 628. The van der Waals surface area contributed by atoms with Gasteiger partial charge in [-0.3, -0.25) is 4.79 Å². The Hall–Kier alpha value is -2.41. The Morgan fingerprint density at radius 1 is 1.23 bits per heavy atom. The predicted molar refractivity (Wildman–Crippen MR) is 76.2 cm³/mol. The van der Waals surface area contributed by atoms with Gasteiger partial charge in [0.1, 0.15) is 10.8 Å². The molecule has 0 N–H and O–H groups in total. The molecule has 0 aliphatic heterocycles. The zero-order valence-corrected chi connectivity index (χ0v) is 13.0. The summed E-state index contributed by atoms with van der Waals surface area (Å²) in [6.07, 6.45) is -1.17. The number of hydrogen-bond donors (Lipinski definition) is 0. The van der Waals surface area contributed by atoms with Gasteiger partial charge in [-0.25, -0.2) is 14.6 Å². The van der Waals surface area contributed by atoms with Crippen LogP contribution in [-0.4, -0.2) is 37.1 Å². The molecule has 1 atom stereocenters. The van der Waals surface area contributed by atoms with Crippen LogP contribution in [0.25, 0.3) is 0 Å². The van der Waals surface area contributed by atoms with Crippen LogP contribution < -0.4 is 0 Å².